The Labute approximate surface area is 89.1 Å². The highest BCUT2D eigenvalue weighted by Gasteiger charge is 2.20. The van der Waals surface area contributed by atoms with Crippen molar-refractivity contribution in [1.29, 1.82) is 0 Å². The Morgan fingerprint density at radius 3 is 1.33 bits per heavy atom. The van der Waals surface area contributed by atoms with Gasteiger partial charge in [-0.1, -0.05) is 6.58 Å². The van der Waals surface area contributed by atoms with Crippen LogP contribution in [0.5, 0.6) is 0 Å². The van der Waals surface area contributed by atoms with Crippen molar-refractivity contribution < 1.29 is 25.2 Å². The van der Waals surface area contributed by atoms with Crippen LogP contribution in [0.25, 0.3) is 0 Å². The Morgan fingerprint density at radius 1 is 1.13 bits per heavy atom. The fraction of sp³-hybridized carbons (Fsp3) is 0.667. The zero-order chi connectivity index (χ0) is 12.6. The Balaban J connectivity index is 0. The van der Waals surface area contributed by atoms with Gasteiger partial charge in [-0.2, -0.15) is 0 Å². The van der Waals surface area contributed by atoms with E-state index in [1.807, 2.05) is 0 Å². The van der Waals surface area contributed by atoms with Gasteiger partial charge in [0, 0.05) is 6.08 Å². The minimum Gasteiger partial charge on any atom is -0.478 e. The number of aliphatic hydroxyl groups is 3. The van der Waals surface area contributed by atoms with Gasteiger partial charge in [0.25, 0.3) is 0 Å². The molecule has 0 aromatic carbocycles. The smallest absolute Gasteiger partial charge is 0.327 e. The van der Waals surface area contributed by atoms with E-state index < -0.39 is 24.7 Å². The van der Waals surface area contributed by atoms with Crippen LogP contribution in [-0.2, 0) is 4.79 Å². The molecule has 4 N–H and O–H groups in total. The molecule has 3 atom stereocenters. The van der Waals surface area contributed by atoms with Crippen molar-refractivity contribution in [3.8, 4) is 0 Å². The lowest BCUT2D eigenvalue weighted by Crippen LogP contribution is -2.45. The molecular weight excluding hydrogens is 202 g/mol. The highest BCUT2D eigenvalue weighted by molar-refractivity contribution is 5.78. The van der Waals surface area contributed by atoms with Gasteiger partial charge in [-0.05, 0) is 20.8 Å². The van der Waals surface area contributed by atoms with Crippen molar-refractivity contribution in [2.75, 3.05) is 0 Å². The molecule has 90 valence electrons. The zero-order valence-corrected chi connectivity index (χ0v) is 9.16. The van der Waals surface area contributed by atoms with Crippen molar-refractivity contribution >= 4 is 5.97 Å². The third-order valence-electron chi connectivity index (χ3n) is 1.47. The predicted octanol–water partition coefficient (Wildman–Crippen LogP) is -0.440. The van der Waals surface area contributed by atoms with Gasteiger partial charge in [0.05, 0.1) is 0 Å². The maximum atomic E-state index is 9.25. The lowest BCUT2D eigenvalue weighted by atomic mass is 10.4. The molecule has 0 saturated carbocycles. The van der Waals surface area contributed by atoms with E-state index in [2.05, 4.69) is 6.58 Å². The van der Waals surface area contributed by atoms with Crippen LogP contribution in [0.15, 0.2) is 12.7 Å². The van der Waals surface area contributed by atoms with Crippen molar-refractivity contribution in [3.63, 3.8) is 0 Å². The number of aliphatic hydroxyl groups excluding tert-OH is 3. The van der Waals surface area contributed by atoms with Crippen LogP contribution in [0.4, 0.5) is 0 Å². The number of rotatable bonds is 4. The highest BCUT2D eigenvalue weighted by atomic mass is 16.4. The van der Waals surface area contributed by atoms with Crippen LogP contribution in [0, 0.1) is 0 Å². The minimum atomic E-state index is -0.981. The first-order valence-electron chi connectivity index (χ1n) is 4.41. The number of hydrogen-bond acceptors (Lipinski definition) is 5. The summed E-state index contributed by atoms with van der Waals surface area (Å²) in [6.07, 6.45) is -1.67. The van der Waals surface area contributed by atoms with Crippen LogP contribution in [-0.4, -0.2) is 50.0 Å². The molecule has 6 nitrogen and oxygen atoms in total. The summed E-state index contributed by atoms with van der Waals surface area (Å²) < 4.78 is 0. The maximum Gasteiger partial charge on any atom is 0.327 e. The maximum absolute atomic E-state index is 9.25. The van der Waals surface area contributed by atoms with E-state index in [0.717, 1.165) is 6.08 Å². The van der Waals surface area contributed by atoms with Crippen LogP contribution in [0.1, 0.15) is 20.8 Å². The van der Waals surface area contributed by atoms with Crippen LogP contribution < -0.4 is 0 Å². The molecule has 6 heteroatoms. The van der Waals surface area contributed by atoms with Gasteiger partial charge < -0.3 is 20.4 Å². The van der Waals surface area contributed by atoms with Crippen molar-refractivity contribution in [3.05, 3.63) is 12.7 Å². The molecule has 0 spiro atoms. The molecule has 0 aromatic heterocycles. The molecule has 0 aliphatic heterocycles. The fourth-order valence-corrected chi connectivity index (χ4v) is 0.937. The fourth-order valence-electron chi connectivity index (χ4n) is 0.937. The average molecular weight is 221 g/mol. The summed E-state index contributed by atoms with van der Waals surface area (Å²) in [5.41, 5.74) is 0. The summed E-state index contributed by atoms with van der Waals surface area (Å²) in [7, 11) is 0. The second kappa shape index (κ2) is 8.37. The molecule has 0 amide bonds. The number of aliphatic carboxylic acids is 1. The van der Waals surface area contributed by atoms with E-state index in [4.69, 9.17) is 20.4 Å². The van der Waals surface area contributed by atoms with E-state index in [0.29, 0.717) is 0 Å². The zero-order valence-electron chi connectivity index (χ0n) is 9.16. The molecule has 0 saturated heterocycles. The number of carboxylic acids is 1. The second-order valence-corrected chi connectivity index (χ2v) is 2.89. The van der Waals surface area contributed by atoms with Crippen molar-refractivity contribution in [2.45, 2.75) is 39.5 Å². The van der Waals surface area contributed by atoms with Crippen molar-refractivity contribution in [2.24, 2.45) is 0 Å². The Kier molecular flexibility index (Phi) is 9.19. The van der Waals surface area contributed by atoms with Gasteiger partial charge >= 0.3 is 5.97 Å². The first-order valence-corrected chi connectivity index (χ1v) is 4.41. The van der Waals surface area contributed by atoms with Gasteiger partial charge in [0.2, 0.25) is 0 Å². The quantitative estimate of drug-likeness (QED) is 0.379. The standard InChI is InChI=1S/C6H15NO3.C3H4O2/c1-4(8)7(5(2)9)6(3)10;1-2-3(4)5/h4-6,8-10H,1-3H3;2H,1H2,(H,4,5). The minimum absolute atomic E-state index is 0.833. The Bertz CT molecular complexity index is 172. The van der Waals surface area contributed by atoms with Crippen LogP contribution in [0.2, 0.25) is 0 Å². The molecule has 0 aliphatic rings. The van der Waals surface area contributed by atoms with Crippen LogP contribution >= 0.6 is 0 Å². The molecule has 0 radical (unpaired) electrons. The second-order valence-electron chi connectivity index (χ2n) is 2.89. The average Bonchev–Trinajstić information content (AvgIpc) is 2.02. The highest BCUT2D eigenvalue weighted by Crippen LogP contribution is 2.04. The van der Waals surface area contributed by atoms with Gasteiger partial charge in [0.1, 0.15) is 18.7 Å². The third kappa shape index (κ3) is 9.36. The monoisotopic (exact) mass is 221 g/mol. The summed E-state index contributed by atoms with van der Waals surface area (Å²) >= 11 is 0. The molecule has 0 aromatic rings. The predicted molar refractivity (Wildman–Crippen MR) is 54.7 cm³/mol. The van der Waals surface area contributed by atoms with E-state index >= 15 is 0 Å². The van der Waals surface area contributed by atoms with Gasteiger partial charge in [-0.25, -0.2) is 9.69 Å². The molecule has 0 aliphatic carbocycles. The summed E-state index contributed by atoms with van der Waals surface area (Å²) in [6.45, 7) is 7.42. The molecule has 0 rings (SSSR count). The summed E-state index contributed by atoms with van der Waals surface area (Å²) in [4.78, 5) is 10.4. The third-order valence-corrected chi connectivity index (χ3v) is 1.47. The van der Waals surface area contributed by atoms with Crippen LogP contribution in [0.3, 0.4) is 0 Å². The largest absolute Gasteiger partial charge is 0.478 e. The Morgan fingerprint density at radius 2 is 1.33 bits per heavy atom. The SMILES string of the molecule is C=CC(=O)O.CC(O)N(C(C)O)C(C)O. The number of carboxylic acid groups (broad SMARTS) is 1. The number of nitrogens with zero attached hydrogens (tertiary/aromatic N) is 1. The normalized spacial score (nSPS) is 15.9. The van der Waals surface area contributed by atoms with Gasteiger partial charge in [-0.15, -0.1) is 0 Å². The van der Waals surface area contributed by atoms with E-state index in [9.17, 15) is 4.79 Å². The Hall–Kier alpha value is -0.950. The lowest BCUT2D eigenvalue weighted by Gasteiger charge is -2.30. The lowest BCUT2D eigenvalue weighted by molar-refractivity contribution is -0.159. The summed E-state index contributed by atoms with van der Waals surface area (Å²) in [5.74, 6) is -0.981. The van der Waals surface area contributed by atoms with E-state index in [1.54, 1.807) is 0 Å². The molecule has 3 unspecified atom stereocenters. The van der Waals surface area contributed by atoms with E-state index in [-0.39, 0.29) is 0 Å². The van der Waals surface area contributed by atoms with E-state index in [1.165, 1.54) is 25.7 Å². The number of hydrogen-bond donors (Lipinski definition) is 4. The first kappa shape index (κ1) is 16.5. The topological polar surface area (TPSA) is 101 Å². The van der Waals surface area contributed by atoms with Crippen molar-refractivity contribution in [1.82, 2.24) is 4.90 Å². The molecule has 0 fully saturated rings. The molecular formula is C9H19NO5. The first-order chi connectivity index (χ1) is 6.73. The summed E-state index contributed by atoms with van der Waals surface area (Å²) in [5, 5.41) is 34.5. The van der Waals surface area contributed by atoms with Gasteiger partial charge in [0.15, 0.2) is 0 Å². The molecule has 0 bridgehead atoms. The number of carbonyl (C=O) groups is 1. The molecule has 15 heavy (non-hydrogen) atoms. The molecule has 0 heterocycles. The summed E-state index contributed by atoms with van der Waals surface area (Å²) in [6, 6.07) is 0. The van der Waals surface area contributed by atoms with Gasteiger partial charge in [-0.3, -0.25) is 0 Å².